The molecule has 1 N–H and O–H groups in total. The standard InChI is InChI=1S/C26H22N6O4/c1-15-9-17(12-27-11-15)20-10-19(21-22(32-36-24(21)31-20)16-7-5-4-6-8-16)23(33)28-13-18-14-29-25(34-2)26(30-18)35-3/h4-12,14H,13H2,1-3H3,(H,28,33). The molecule has 1 amide bonds. The first-order chi connectivity index (χ1) is 17.6. The van der Waals surface area contributed by atoms with Gasteiger partial charge in [-0.1, -0.05) is 35.5 Å². The zero-order chi connectivity index (χ0) is 25.1. The minimum Gasteiger partial charge on any atom is -0.477 e. The van der Waals surface area contributed by atoms with E-state index < -0.39 is 0 Å². The number of aromatic nitrogens is 5. The Morgan fingerprint density at radius 1 is 0.972 bits per heavy atom. The number of ether oxygens (including phenoxy) is 2. The zero-order valence-corrected chi connectivity index (χ0v) is 19.8. The van der Waals surface area contributed by atoms with E-state index in [2.05, 4.69) is 30.4 Å². The number of fused-ring (bicyclic) bond motifs is 1. The molecule has 0 fully saturated rings. The Morgan fingerprint density at radius 3 is 2.53 bits per heavy atom. The summed E-state index contributed by atoms with van der Waals surface area (Å²) in [4.78, 5) is 30.9. The highest BCUT2D eigenvalue weighted by molar-refractivity contribution is 6.10. The zero-order valence-electron chi connectivity index (χ0n) is 19.8. The first-order valence-electron chi connectivity index (χ1n) is 11.1. The average Bonchev–Trinajstić information content (AvgIpc) is 3.35. The predicted molar refractivity (Wildman–Crippen MR) is 132 cm³/mol. The van der Waals surface area contributed by atoms with E-state index in [1.807, 2.05) is 43.3 Å². The molecule has 0 aliphatic rings. The molecular formula is C26H22N6O4. The van der Waals surface area contributed by atoms with Gasteiger partial charge in [0.1, 0.15) is 5.69 Å². The number of hydrogen-bond donors (Lipinski definition) is 1. The van der Waals surface area contributed by atoms with Crippen LogP contribution in [0.4, 0.5) is 0 Å². The molecule has 0 atom stereocenters. The molecule has 10 heteroatoms. The van der Waals surface area contributed by atoms with Crippen molar-refractivity contribution in [1.82, 2.24) is 30.4 Å². The first kappa shape index (κ1) is 22.9. The van der Waals surface area contributed by atoms with Crippen molar-refractivity contribution in [3.8, 4) is 34.3 Å². The van der Waals surface area contributed by atoms with Crippen LogP contribution in [0.15, 0.2) is 65.6 Å². The average molecular weight is 483 g/mol. The molecule has 0 aliphatic heterocycles. The van der Waals surface area contributed by atoms with E-state index in [0.29, 0.717) is 28.0 Å². The maximum Gasteiger partial charge on any atom is 0.278 e. The van der Waals surface area contributed by atoms with Crippen molar-refractivity contribution in [3.05, 3.63) is 77.9 Å². The Morgan fingerprint density at radius 2 is 1.78 bits per heavy atom. The Balaban J connectivity index is 1.56. The van der Waals surface area contributed by atoms with E-state index in [9.17, 15) is 4.79 Å². The normalized spacial score (nSPS) is 10.9. The molecule has 0 bridgehead atoms. The summed E-state index contributed by atoms with van der Waals surface area (Å²) in [5, 5.41) is 7.65. The number of carbonyl (C=O) groups is 1. The minimum absolute atomic E-state index is 0.114. The summed E-state index contributed by atoms with van der Waals surface area (Å²) in [6, 6.07) is 13.2. The SMILES string of the molecule is COc1ncc(CNC(=O)c2cc(-c3cncc(C)c3)nc3onc(-c4ccccc4)c23)nc1OC. The van der Waals surface area contributed by atoms with Crippen LogP contribution in [-0.2, 0) is 6.54 Å². The molecule has 180 valence electrons. The largest absolute Gasteiger partial charge is 0.477 e. The highest BCUT2D eigenvalue weighted by Gasteiger charge is 2.22. The van der Waals surface area contributed by atoms with E-state index in [1.54, 1.807) is 18.5 Å². The lowest BCUT2D eigenvalue weighted by molar-refractivity contribution is 0.0952. The van der Waals surface area contributed by atoms with Gasteiger partial charge in [-0.25, -0.2) is 15.0 Å². The van der Waals surface area contributed by atoms with Gasteiger partial charge in [0.15, 0.2) is 0 Å². The van der Waals surface area contributed by atoms with Crippen LogP contribution in [0.5, 0.6) is 11.8 Å². The van der Waals surface area contributed by atoms with Crippen LogP contribution in [0.1, 0.15) is 21.6 Å². The first-order valence-corrected chi connectivity index (χ1v) is 11.1. The van der Waals surface area contributed by atoms with E-state index in [0.717, 1.165) is 16.7 Å². The molecule has 0 unspecified atom stereocenters. The number of nitrogens with zero attached hydrogens (tertiary/aromatic N) is 5. The summed E-state index contributed by atoms with van der Waals surface area (Å²) in [5.74, 6) is 0.146. The van der Waals surface area contributed by atoms with Crippen molar-refractivity contribution >= 4 is 17.0 Å². The van der Waals surface area contributed by atoms with Gasteiger partial charge in [0.05, 0.1) is 49.3 Å². The lowest BCUT2D eigenvalue weighted by atomic mass is 10.0. The number of pyridine rings is 2. The van der Waals surface area contributed by atoms with Crippen LogP contribution >= 0.6 is 0 Å². The monoisotopic (exact) mass is 482 g/mol. The third-order valence-electron chi connectivity index (χ3n) is 5.48. The maximum absolute atomic E-state index is 13.5. The highest BCUT2D eigenvalue weighted by Crippen LogP contribution is 2.32. The Bertz CT molecular complexity index is 1550. The number of benzene rings is 1. The quantitative estimate of drug-likeness (QED) is 0.366. The second-order valence-electron chi connectivity index (χ2n) is 7.95. The number of nitrogens with one attached hydrogen (secondary N) is 1. The smallest absolute Gasteiger partial charge is 0.278 e. The molecule has 5 aromatic rings. The number of carbonyl (C=O) groups excluding carboxylic acids is 1. The molecule has 4 heterocycles. The van der Waals surface area contributed by atoms with Crippen LogP contribution in [0, 0.1) is 6.92 Å². The Labute approximate surface area is 206 Å². The van der Waals surface area contributed by atoms with E-state index in [1.165, 1.54) is 20.4 Å². The highest BCUT2D eigenvalue weighted by atomic mass is 16.5. The fourth-order valence-corrected chi connectivity index (χ4v) is 3.79. The van der Waals surface area contributed by atoms with Crippen LogP contribution in [0.25, 0.3) is 33.6 Å². The second kappa shape index (κ2) is 9.79. The molecule has 4 aromatic heterocycles. The number of methoxy groups -OCH3 is 2. The van der Waals surface area contributed by atoms with Crippen molar-refractivity contribution < 1.29 is 18.8 Å². The number of aryl methyl sites for hydroxylation is 1. The molecule has 10 nitrogen and oxygen atoms in total. The summed E-state index contributed by atoms with van der Waals surface area (Å²) in [6.45, 7) is 2.05. The summed E-state index contributed by atoms with van der Waals surface area (Å²) < 4.78 is 15.9. The molecule has 0 radical (unpaired) electrons. The van der Waals surface area contributed by atoms with Gasteiger partial charge in [0, 0.05) is 23.5 Å². The van der Waals surface area contributed by atoms with Gasteiger partial charge in [0.25, 0.3) is 23.4 Å². The molecule has 1 aromatic carbocycles. The molecule has 0 saturated heterocycles. The van der Waals surface area contributed by atoms with Crippen LogP contribution in [0.2, 0.25) is 0 Å². The van der Waals surface area contributed by atoms with Gasteiger partial charge in [-0.2, -0.15) is 0 Å². The molecule has 5 rings (SSSR count). The van der Waals surface area contributed by atoms with Crippen LogP contribution < -0.4 is 14.8 Å². The molecular weight excluding hydrogens is 460 g/mol. The Hall–Kier alpha value is -4.86. The van der Waals surface area contributed by atoms with Gasteiger partial charge in [-0.3, -0.25) is 9.78 Å². The predicted octanol–water partition coefficient (Wildman–Crippen LogP) is 4.00. The van der Waals surface area contributed by atoms with Crippen molar-refractivity contribution in [2.24, 2.45) is 0 Å². The van der Waals surface area contributed by atoms with Gasteiger partial charge < -0.3 is 19.3 Å². The van der Waals surface area contributed by atoms with Crippen molar-refractivity contribution in [2.45, 2.75) is 13.5 Å². The fraction of sp³-hybridized carbons (Fsp3) is 0.154. The van der Waals surface area contributed by atoms with Gasteiger partial charge >= 0.3 is 0 Å². The lowest BCUT2D eigenvalue weighted by Gasteiger charge is -2.10. The summed E-state index contributed by atoms with van der Waals surface area (Å²) in [5.41, 5.74) is 4.73. The van der Waals surface area contributed by atoms with Gasteiger partial charge in [-0.15, -0.1) is 0 Å². The van der Waals surface area contributed by atoms with Gasteiger partial charge in [0.2, 0.25) is 0 Å². The summed E-state index contributed by atoms with van der Waals surface area (Å²) in [6.07, 6.45) is 4.96. The number of rotatable bonds is 7. The molecule has 0 aliphatic carbocycles. The third kappa shape index (κ3) is 4.43. The van der Waals surface area contributed by atoms with Gasteiger partial charge in [-0.05, 0) is 24.6 Å². The van der Waals surface area contributed by atoms with Crippen LogP contribution in [-0.4, -0.2) is 45.2 Å². The topological polar surface area (TPSA) is 125 Å². The van der Waals surface area contributed by atoms with Crippen molar-refractivity contribution in [2.75, 3.05) is 14.2 Å². The van der Waals surface area contributed by atoms with E-state index in [4.69, 9.17) is 14.0 Å². The maximum atomic E-state index is 13.5. The van der Waals surface area contributed by atoms with E-state index in [-0.39, 0.29) is 29.9 Å². The third-order valence-corrected chi connectivity index (χ3v) is 5.48. The van der Waals surface area contributed by atoms with Crippen LogP contribution in [0.3, 0.4) is 0 Å². The summed E-state index contributed by atoms with van der Waals surface area (Å²) in [7, 11) is 2.95. The molecule has 0 saturated carbocycles. The van der Waals surface area contributed by atoms with E-state index >= 15 is 0 Å². The number of hydrogen-bond acceptors (Lipinski definition) is 9. The second-order valence-corrected chi connectivity index (χ2v) is 7.95. The molecule has 0 spiro atoms. The van der Waals surface area contributed by atoms with Crippen molar-refractivity contribution in [3.63, 3.8) is 0 Å². The fourth-order valence-electron chi connectivity index (χ4n) is 3.79. The lowest BCUT2D eigenvalue weighted by Crippen LogP contribution is -2.24. The Kier molecular flexibility index (Phi) is 6.23. The molecule has 36 heavy (non-hydrogen) atoms. The summed E-state index contributed by atoms with van der Waals surface area (Å²) >= 11 is 0. The van der Waals surface area contributed by atoms with Crippen molar-refractivity contribution in [1.29, 1.82) is 0 Å². The number of amides is 1. The minimum atomic E-state index is -0.346.